The Bertz CT molecular complexity index is 610. The molecule has 0 nitrogen and oxygen atoms in total. The molecule has 2 aromatic rings. The van der Waals surface area contributed by atoms with Gasteiger partial charge >= 0.3 is 26.2 Å². The maximum absolute atomic E-state index is 2.37. The zero-order chi connectivity index (χ0) is 20.1. The van der Waals surface area contributed by atoms with E-state index in [1.54, 1.807) is 0 Å². The topological polar surface area (TPSA) is 0 Å². The standard InChI is InChI=1S/2C13H21.2ClH.Zr/c2*1-6-13(5,10(2)3)12-8-7-11(4)9-12;;;/h2*7-10H,6H2,1-5H3;2*1H;/q2*-1;;;+4/p-2. The Balaban J connectivity index is -0.000000422. The fourth-order valence-electron chi connectivity index (χ4n) is 3.73. The summed E-state index contributed by atoms with van der Waals surface area (Å²) >= 11 is 0. The van der Waals surface area contributed by atoms with Crippen molar-refractivity contribution in [1.29, 1.82) is 0 Å². The van der Waals surface area contributed by atoms with Crippen LogP contribution in [0.1, 0.15) is 90.5 Å². The van der Waals surface area contributed by atoms with Crippen LogP contribution in [0.2, 0.25) is 0 Å². The molecule has 0 heterocycles. The van der Waals surface area contributed by atoms with Gasteiger partial charge in [-0.15, -0.1) is 0 Å². The largest absolute Gasteiger partial charge is 4.00 e. The Hall–Kier alpha value is 0.163. The molecule has 0 saturated carbocycles. The van der Waals surface area contributed by atoms with Crippen LogP contribution in [0.15, 0.2) is 36.4 Å². The summed E-state index contributed by atoms with van der Waals surface area (Å²) in [5.74, 6) is 1.42. The summed E-state index contributed by atoms with van der Waals surface area (Å²) in [4.78, 5) is 0. The first-order chi connectivity index (χ1) is 12.0. The molecule has 0 amide bonds. The van der Waals surface area contributed by atoms with Gasteiger partial charge in [-0.2, -0.15) is 46.5 Å². The first kappa shape index (κ1) is 33.8. The third-order valence-electron chi connectivity index (χ3n) is 7.15. The van der Waals surface area contributed by atoms with Gasteiger partial charge < -0.3 is 24.8 Å². The minimum atomic E-state index is 0. The molecule has 2 atom stereocenters. The average Bonchev–Trinajstić information content (AvgIpc) is 3.22. The van der Waals surface area contributed by atoms with Crippen LogP contribution in [0.3, 0.4) is 0 Å². The fraction of sp³-hybridized carbons (Fsp3) is 0.615. The van der Waals surface area contributed by atoms with Crippen molar-refractivity contribution in [2.45, 2.75) is 92.9 Å². The minimum absolute atomic E-state index is 0. The van der Waals surface area contributed by atoms with Crippen LogP contribution in [0.25, 0.3) is 0 Å². The van der Waals surface area contributed by atoms with E-state index in [9.17, 15) is 0 Å². The second-order valence-corrected chi connectivity index (χ2v) is 9.21. The van der Waals surface area contributed by atoms with Gasteiger partial charge in [0.25, 0.3) is 0 Å². The third-order valence-corrected chi connectivity index (χ3v) is 7.15. The van der Waals surface area contributed by atoms with Crippen molar-refractivity contribution in [2.75, 3.05) is 0 Å². The third kappa shape index (κ3) is 8.31. The van der Waals surface area contributed by atoms with Gasteiger partial charge in [0.15, 0.2) is 0 Å². The zero-order valence-corrected chi connectivity index (χ0v) is 24.3. The van der Waals surface area contributed by atoms with E-state index >= 15 is 0 Å². The van der Waals surface area contributed by atoms with Crippen molar-refractivity contribution in [2.24, 2.45) is 11.8 Å². The van der Waals surface area contributed by atoms with Gasteiger partial charge in [0.1, 0.15) is 0 Å². The molecule has 2 rings (SSSR count). The summed E-state index contributed by atoms with van der Waals surface area (Å²) in [5, 5.41) is 0. The quantitative estimate of drug-likeness (QED) is 0.516. The normalized spacial score (nSPS) is 14.5. The molecule has 0 saturated heterocycles. The van der Waals surface area contributed by atoms with Crippen LogP contribution < -0.4 is 24.8 Å². The molecule has 0 aliphatic carbocycles. The fourth-order valence-corrected chi connectivity index (χ4v) is 3.73. The first-order valence-corrected chi connectivity index (χ1v) is 10.5. The molecular weight excluding hydrogens is 474 g/mol. The van der Waals surface area contributed by atoms with E-state index in [0.717, 1.165) is 0 Å². The Morgan fingerprint density at radius 2 is 1.00 bits per heavy atom. The summed E-state index contributed by atoms with van der Waals surface area (Å²) in [6, 6.07) is 13.6. The number of hydrogen-bond acceptors (Lipinski definition) is 0. The number of hydrogen-bond donors (Lipinski definition) is 0. The molecule has 0 fully saturated rings. The van der Waals surface area contributed by atoms with E-state index in [4.69, 9.17) is 0 Å². The predicted molar refractivity (Wildman–Crippen MR) is 119 cm³/mol. The van der Waals surface area contributed by atoms with Crippen LogP contribution in [0, 0.1) is 25.7 Å². The number of aryl methyl sites for hydroxylation is 2. The SMILES string of the molecule is CCC(C)(c1cc[c-](C)c1)C(C)C.CCC(C)(c1cc[c-](C)c1)C(C)C.[Cl-].[Cl-].[Zr+4]. The van der Waals surface area contributed by atoms with Crippen LogP contribution in [0.4, 0.5) is 0 Å². The van der Waals surface area contributed by atoms with Crippen molar-refractivity contribution in [3.05, 3.63) is 58.7 Å². The number of halogens is 2. The molecule has 2 unspecified atom stereocenters. The van der Waals surface area contributed by atoms with Crippen molar-refractivity contribution < 1.29 is 51.0 Å². The van der Waals surface area contributed by atoms with Gasteiger partial charge in [0, 0.05) is 0 Å². The van der Waals surface area contributed by atoms with E-state index < -0.39 is 0 Å². The molecule has 0 N–H and O–H groups in total. The van der Waals surface area contributed by atoms with Crippen molar-refractivity contribution in [3.8, 4) is 0 Å². The van der Waals surface area contributed by atoms with E-state index in [2.05, 4.69) is 106 Å². The Morgan fingerprint density at radius 1 is 0.724 bits per heavy atom. The van der Waals surface area contributed by atoms with Gasteiger partial charge in [0.05, 0.1) is 0 Å². The molecule has 0 spiro atoms. The van der Waals surface area contributed by atoms with Crippen molar-refractivity contribution in [1.82, 2.24) is 0 Å². The van der Waals surface area contributed by atoms with Crippen molar-refractivity contribution >= 4 is 0 Å². The second kappa shape index (κ2) is 14.3. The van der Waals surface area contributed by atoms with Gasteiger partial charge in [-0.25, -0.2) is 12.1 Å². The van der Waals surface area contributed by atoms with Crippen LogP contribution in [-0.4, -0.2) is 0 Å². The Labute approximate surface area is 213 Å². The molecule has 2 aromatic carbocycles. The van der Waals surface area contributed by atoms with Gasteiger partial charge in [0.2, 0.25) is 0 Å². The van der Waals surface area contributed by atoms with E-state index in [1.807, 2.05) is 0 Å². The maximum atomic E-state index is 2.37. The van der Waals surface area contributed by atoms with Gasteiger partial charge in [-0.1, -0.05) is 92.9 Å². The van der Waals surface area contributed by atoms with Crippen molar-refractivity contribution in [3.63, 3.8) is 0 Å². The summed E-state index contributed by atoms with van der Waals surface area (Å²) in [7, 11) is 0. The Kier molecular flexibility index (Phi) is 16.6. The molecule has 164 valence electrons. The predicted octanol–water partition coefficient (Wildman–Crippen LogP) is 2.08. The monoisotopic (exact) mass is 514 g/mol. The maximum Gasteiger partial charge on any atom is 4.00 e. The minimum Gasteiger partial charge on any atom is -1.00 e. The van der Waals surface area contributed by atoms with Crippen LogP contribution in [0.5, 0.6) is 0 Å². The smallest absolute Gasteiger partial charge is 1.00 e. The molecule has 3 heteroatoms. The molecule has 29 heavy (non-hydrogen) atoms. The molecule has 0 bridgehead atoms. The molecule has 0 aromatic heterocycles. The molecule has 0 aliphatic heterocycles. The number of rotatable bonds is 6. The molecule has 0 aliphatic rings. The van der Waals surface area contributed by atoms with E-state index in [0.29, 0.717) is 22.7 Å². The van der Waals surface area contributed by atoms with E-state index in [1.165, 1.54) is 35.1 Å². The van der Waals surface area contributed by atoms with E-state index in [-0.39, 0.29) is 51.0 Å². The summed E-state index contributed by atoms with van der Waals surface area (Å²) in [6.07, 6.45) is 2.43. The van der Waals surface area contributed by atoms with Gasteiger partial charge in [-0.05, 0) is 11.8 Å². The first-order valence-electron chi connectivity index (χ1n) is 10.5. The molecular formula is C26H42Cl2Zr. The van der Waals surface area contributed by atoms with Gasteiger partial charge in [-0.3, -0.25) is 0 Å². The Morgan fingerprint density at radius 3 is 1.14 bits per heavy atom. The summed E-state index contributed by atoms with van der Waals surface area (Å²) in [6.45, 7) is 22.9. The summed E-state index contributed by atoms with van der Waals surface area (Å²) in [5.41, 5.74) is 6.48. The average molecular weight is 517 g/mol. The van der Waals surface area contributed by atoms with Crippen LogP contribution >= 0.6 is 0 Å². The summed E-state index contributed by atoms with van der Waals surface area (Å²) < 4.78 is 0. The zero-order valence-electron chi connectivity index (χ0n) is 20.3. The van der Waals surface area contributed by atoms with Crippen LogP contribution in [-0.2, 0) is 37.0 Å². The second-order valence-electron chi connectivity index (χ2n) is 9.21. The molecule has 0 radical (unpaired) electrons.